The molecule has 0 saturated carbocycles. The number of rotatable bonds is 2. The van der Waals surface area contributed by atoms with Crippen molar-refractivity contribution < 1.29 is 4.48 Å². The summed E-state index contributed by atoms with van der Waals surface area (Å²) in [6.07, 6.45) is 4.97. The van der Waals surface area contributed by atoms with Gasteiger partial charge in [0.2, 0.25) is 0 Å². The maximum absolute atomic E-state index is 12.2. The molecule has 0 fully saturated rings. The van der Waals surface area contributed by atoms with Crippen molar-refractivity contribution in [3.8, 4) is 0 Å². The lowest BCUT2D eigenvalue weighted by molar-refractivity contribution is 0.370. The minimum atomic E-state index is 0.588. The first-order chi connectivity index (χ1) is 4.33. The molecule has 1 aromatic rings. The minimum absolute atomic E-state index is 0.588. The Balaban J connectivity index is 2.61. The van der Waals surface area contributed by atoms with E-state index in [1.807, 2.05) is 0 Å². The molecule has 0 bridgehead atoms. The molecular formula is C7H10FN. The van der Waals surface area contributed by atoms with Crippen LogP contribution in [0.5, 0.6) is 0 Å². The Labute approximate surface area is 54.0 Å². The lowest BCUT2D eigenvalue weighted by Gasteiger charge is -1.86. The molecule has 1 rings (SSSR count). The average molecular weight is 127 g/mol. The fourth-order valence-corrected chi connectivity index (χ4v) is 0.848. The smallest absolute Gasteiger partial charge is 0.0411 e. The van der Waals surface area contributed by atoms with E-state index >= 15 is 0 Å². The molecule has 0 saturated heterocycles. The van der Waals surface area contributed by atoms with Gasteiger partial charge in [0, 0.05) is 12.4 Å². The highest BCUT2D eigenvalue weighted by atomic mass is 19.2. The van der Waals surface area contributed by atoms with E-state index in [0.717, 1.165) is 18.4 Å². The summed E-state index contributed by atoms with van der Waals surface area (Å²) in [6.45, 7) is 2.08. The number of hydrogen-bond donors (Lipinski definition) is 0. The fraction of sp³-hybridized carbons (Fsp3) is 0.429. The lowest BCUT2D eigenvalue weighted by atomic mass is 10.2. The van der Waals surface area contributed by atoms with Crippen LogP contribution in [0.1, 0.15) is 18.9 Å². The van der Waals surface area contributed by atoms with Gasteiger partial charge in [-0.15, -0.1) is 0 Å². The molecule has 50 valence electrons. The molecule has 0 aliphatic heterocycles. The zero-order chi connectivity index (χ0) is 6.69. The summed E-state index contributed by atoms with van der Waals surface area (Å²) < 4.78 is 12.2. The third-order valence-corrected chi connectivity index (χ3v) is 1.26. The Morgan fingerprint density at radius 2 is 2.44 bits per heavy atom. The monoisotopic (exact) mass is 127 g/mol. The first-order valence-corrected chi connectivity index (χ1v) is 3.16. The van der Waals surface area contributed by atoms with E-state index in [1.165, 1.54) is 12.4 Å². The molecule has 0 aromatic carbocycles. The van der Waals surface area contributed by atoms with Gasteiger partial charge in [-0.3, -0.25) is 0 Å². The molecule has 0 aliphatic carbocycles. The van der Waals surface area contributed by atoms with Crippen LogP contribution in [0, 0.1) is 0 Å². The molecular weight excluding hydrogens is 117 g/mol. The van der Waals surface area contributed by atoms with Crippen LogP contribution in [0.4, 0.5) is 4.48 Å². The van der Waals surface area contributed by atoms with Crippen LogP contribution in [0.25, 0.3) is 0 Å². The molecule has 2 heteroatoms. The Morgan fingerprint density at radius 1 is 1.67 bits per heavy atom. The quantitative estimate of drug-likeness (QED) is 0.573. The van der Waals surface area contributed by atoms with Crippen molar-refractivity contribution in [2.45, 2.75) is 19.8 Å². The number of aryl methyl sites for hydroxylation is 1. The summed E-state index contributed by atoms with van der Waals surface area (Å²) in [5.41, 5.74) is 1.07. The van der Waals surface area contributed by atoms with E-state index in [1.54, 1.807) is 6.07 Å². The highest BCUT2D eigenvalue weighted by Crippen LogP contribution is 2.03. The van der Waals surface area contributed by atoms with Gasteiger partial charge in [-0.25, -0.2) is 0 Å². The Hall–Kier alpha value is -0.790. The number of hydrogen-bond acceptors (Lipinski definition) is 0. The van der Waals surface area contributed by atoms with E-state index in [-0.39, 0.29) is 0 Å². The summed E-state index contributed by atoms with van der Waals surface area (Å²) in [4.78, 5) is 0.588. The maximum atomic E-state index is 12.2. The Morgan fingerprint density at radius 3 is 2.89 bits per heavy atom. The predicted molar refractivity (Wildman–Crippen MR) is 34.9 cm³/mol. The second-order valence-electron chi connectivity index (χ2n) is 2.11. The van der Waals surface area contributed by atoms with Gasteiger partial charge in [0.15, 0.2) is 0 Å². The Kier molecular flexibility index (Phi) is 1.88. The van der Waals surface area contributed by atoms with E-state index in [9.17, 15) is 4.48 Å². The van der Waals surface area contributed by atoms with E-state index in [4.69, 9.17) is 0 Å². The number of halogens is 1. The van der Waals surface area contributed by atoms with Gasteiger partial charge in [0.1, 0.15) is 0 Å². The second-order valence-corrected chi connectivity index (χ2v) is 2.11. The predicted octanol–water partition coefficient (Wildman–Crippen LogP) is 2.17. The van der Waals surface area contributed by atoms with Gasteiger partial charge >= 0.3 is 0 Å². The van der Waals surface area contributed by atoms with E-state index in [2.05, 4.69) is 6.92 Å². The first-order valence-electron chi connectivity index (χ1n) is 3.16. The summed E-state index contributed by atoms with van der Waals surface area (Å²) >= 11 is 0. The van der Waals surface area contributed by atoms with Crippen LogP contribution in [0.2, 0.25) is 0 Å². The van der Waals surface area contributed by atoms with Gasteiger partial charge in [-0.2, -0.15) is 4.79 Å². The third-order valence-electron chi connectivity index (χ3n) is 1.26. The first kappa shape index (κ1) is 6.33. The second kappa shape index (κ2) is 2.67. The molecule has 9 heavy (non-hydrogen) atoms. The molecule has 1 heterocycles. The van der Waals surface area contributed by atoms with Crippen LogP contribution in [-0.4, -0.2) is 4.79 Å². The van der Waals surface area contributed by atoms with Crippen LogP contribution in [-0.2, 0) is 6.42 Å². The highest BCUT2D eigenvalue weighted by molar-refractivity contribution is 5.08. The molecule has 0 amide bonds. The minimum Gasteiger partial charge on any atom is -0.194 e. The molecule has 0 unspecified atom stereocenters. The highest BCUT2D eigenvalue weighted by Gasteiger charge is 1.91. The normalized spacial score (nSPS) is 10.0. The zero-order valence-electron chi connectivity index (χ0n) is 5.47. The lowest BCUT2D eigenvalue weighted by Crippen LogP contribution is -1.77. The van der Waals surface area contributed by atoms with E-state index in [0.29, 0.717) is 4.79 Å². The van der Waals surface area contributed by atoms with E-state index < -0.39 is 0 Å². The largest absolute Gasteiger partial charge is 0.194 e. The standard InChI is InChI=1S/C7H10FN/c1-2-3-7-4-5-9(8)6-7/h4-6H,2-3H2,1H3. The zero-order valence-corrected chi connectivity index (χ0v) is 5.47. The van der Waals surface area contributed by atoms with Gasteiger partial charge in [0.25, 0.3) is 0 Å². The molecule has 0 aliphatic rings. The summed E-state index contributed by atoms with van der Waals surface area (Å²) in [5.74, 6) is 0. The van der Waals surface area contributed by atoms with Crippen molar-refractivity contribution in [2.75, 3.05) is 0 Å². The third kappa shape index (κ3) is 1.56. The van der Waals surface area contributed by atoms with Crippen LogP contribution >= 0.6 is 0 Å². The maximum Gasteiger partial charge on any atom is 0.0411 e. The summed E-state index contributed by atoms with van der Waals surface area (Å²) in [5, 5.41) is 0. The van der Waals surface area contributed by atoms with Crippen molar-refractivity contribution in [1.82, 2.24) is 4.79 Å². The SMILES string of the molecule is CCCc1ccn(F)c1. The van der Waals surface area contributed by atoms with Crippen molar-refractivity contribution in [2.24, 2.45) is 0 Å². The van der Waals surface area contributed by atoms with Crippen LogP contribution in [0.15, 0.2) is 18.5 Å². The molecule has 0 N–H and O–H groups in total. The van der Waals surface area contributed by atoms with Crippen molar-refractivity contribution in [1.29, 1.82) is 0 Å². The van der Waals surface area contributed by atoms with Crippen molar-refractivity contribution >= 4 is 0 Å². The Bertz CT molecular complexity index is 181. The number of aromatic nitrogens is 1. The van der Waals surface area contributed by atoms with Crippen molar-refractivity contribution in [3.05, 3.63) is 24.0 Å². The fourth-order valence-electron chi connectivity index (χ4n) is 0.848. The molecule has 0 spiro atoms. The van der Waals surface area contributed by atoms with Gasteiger partial charge < -0.3 is 0 Å². The van der Waals surface area contributed by atoms with Gasteiger partial charge in [-0.05, 0) is 18.1 Å². The van der Waals surface area contributed by atoms with Crippen LogP contribution < -0.4 is 0 Å². The number of nitrogens with zero attached hydrogens (tertiary/aromatic N) is 1. The molecule has 1 aromatic heterocycles. The molecule has 1 nitrogen and oxygen atoms in total. The summed E-state index contributed by atoms with van der Waals surface area (Å²) in [6, 6.07) is 1.80. The van der Waals surface area contributed by atoms with Gasteiger partial charge in [0.05, 0.1) is 0 Å². The summed E-state index contributed by atoms with van der Waals surface area (Å²) in [7, 11) is 0. The molecule has 0 radical (unpaired) electrons. The van der Waals surface area contributed by atoms with Crippen molar-refractivity contribution in [3.63, 3.8) is 0 Å². The topological polar surface area (TPSA) is 4.93 Å². The van der Waals surface area contributed by atoms with Gasteiger partial charge in [-0.1, -0.05) is 17.8 Å². The molecule has 0 atom stereocenters. The van der Waals surface area contributed by atoms with Crippen LogP contribution in [0.3, 0.4) is 0 Å². The average Bonchev–Trinajstić information content (AvgIpc) is 2.17.